The molecule has 0 unspecified atom stereocenters. The fourth-order valence-electron chi connectivity index (χ4n) is 11.4. The van der Waals surface area contributed by atoms with Crippen LogP contribution in [0.3, 0.4) is 0 Å². The first-order valence-corrected chi connectivity index (χ1v) is 13.8. The minimum atomic E-state index is -0.394. The van der Waals surface area contributed by atoms with E-state index < -0.39 is 6.10 Å². The Morgan fingerprint density at radius 2 is 1.64 bits per heavy atom. The molecule has 186 valence electrons. The van der Waals surface area contributed by atoms with Gasteiger partial charge in [0.1, 0.15) is 6.29 Å². The molecule has 0 bridgehead atoms. The smallest absolute Gasteiger partial charge is 0.126 e. The van der Waals surface area contributed by atoms with E-state index in [1.165, 1.54) is 37.5 Å². The average molecular weight is 457 g/mol. The van der Waals surface area contributed by atoms with E-state index in [9.17, 15) is 15.0 Å². The molecule has 5 aliphatic carbocycles. The van der Waals surface area contributed by atoms with Crippen molar-refractivity contribution in [2.45, 2.75) is 105 Å². The van der Waals surface area contributed by atoms with Crippen molar-refractivity contribution in [2.24, 2.45) is 56.7 Å². The minimum Gasteiger partial charge on any atom is -0.396 e. The Morgan fingerprint density at radius 3 is 2.27 bits per heavy atom. The van der Waals surface area contributed by atoms with E-state index in [1.807, 2.05) is 0 Å². The van der Waals surface area contributed by atoms with E-state index in [0.29, 0.717) is 29.6 Å². The average Bonchev–Trinajstić information content (AvgIpc) is 3.17. The normalized spacial score (nSPS) is 57.9. The molecule has 5 fully saturated rings. The van der Waals surface area contributed by atoms with Gasteiger partial charge in [0.05, 0.1) is 12.7 Å². The third-order valence-electron chi connectivity index (χ3n) is 13.5. The largest absolute Gasteiger partial charge is 0.396 e. The summed E-state index contributed by atoms with van der Waals surface area (Å²) in [4.78, 5) is 12.6. The van der Waals surface area contributed by atoms with Gasteiger partial charge in [-0.15, -0.1) is 0 Å². The van der Waals surface area contributed by atoms with Crippen LogP contribution in [-0.2, 0) is 4.79 Å². The van der Waals surface area contributed by atoms with Crippen LogP contribution in [0, 0.1) is 56.7 Å². The van der Waals surface area contributed by atoms with E-state index in [-0.39, 0.29) is 33.7 Å². The molecule has 3 nitrogen and oxygen atoms in total. The highest BCUT2D eigenvalue weighted by Gasteiger charge is 2.71. The Bertz CT molecular complexity index is 836. The topological polar surface area (TPSA) is 57.5 Å². The van der Waals surface area contributed by atoms with Crippen LogP contribution < -0.4 is 0 Å². The molecule has 0 aliphatic heterocycles. The standard InChI is InChI=1S/C30H48O3/c1-19(2)20-9-14-30(18-32)16-15-28(5)21(25(20)30)7-8-23-26(3)12-11-24(33)27(4,17-31)22(26)10-13-29(23,28)6/h18,20-25,31,33H,1,7-17H2,2-6H3/t20-,21+,22+,23+,24-,25+,26-,27-,28+,29+,30+/m0/s1. The van der Waals surface area contributed by atoms with Crippen LogP contribution in [0.2, 0.25) is 0 Å². The second-order valence-corrected chi connectivity index (χ2v) is 14.3. The summed E-state index contributed by atoms with van der Waals surface area (Å²) >= 11 is 0. The van der Waals surface area contributed by atoms with Crippen molar-refractivity contribution >= 4 is 6.29 Å². The molecular formula is C30H48O3. The Labute approximate surface area is 201 Å². The van der Waals surface area contributed by atoms with E-state index in [4.69, 9.17) is 0 Å². The Kier molecular flexibility index (Phi) is 5.40. The second-order valence-electron chi connectivity index (χ2n) is 14.3. The van der Waals surface area contributed by atoms with Crippen molar-refractivity contribution in [1.29, 1.82) is 0 Å². The van der Waals surface area contributed by atoms with Crippen LogP contribution in [0.4, 0.5) is 0 Å². The molecular weight excluding hydrogens is 408 g/mol. The third-order valence-corrected chi connectivity index (χ3v) is 13.5. The lowest BCUT2D eigenvalue weighted by Gasteiger charge is -2.72. The summed E-state index contributed by atoms with van der Waals surface area (Å²) in [5.41, 5.74) is 1.43. The van der Waals surface area contributed by atoms with Crippen molar-refractivity contribution in [3.63, 3.8) is 0 Å². The first-order valence-electron chi connectivity index (χ1n) is 13.8. The van der Waals surface area contributed by atoms with Crippen molar-refractivity contribution in [3.05, 3.63) is 12.2 Å². The maximum Gasteiger partial charge on any atom is 0.126 e. The lowest BCUT2D eigenvalue weighted by molar-refractivity contribution is -0.252. The van der Waals surface area contributed by atoms with Crippen LogP contribution >= 0.6 is 0 Å². The number of carbonyl (C=O) groups excluding carboxylic acids is 1. The molecule has 0 saturated heterocycles. The number of allylic oxidation sites excluding steroid dienone is 1. The molecule has 5 aliphatic rings. The molecule has 0 aromatic carbocycles. The number of hydrogen-bond acceptors (Lipinski definition) is 3. The minimum absolute atomic E-state index is 0.0853. The van der Waals surface area contributed by atoms with E-state index in [0.717, 1.165) is 38.5 Å². The maximum atomic E-state index is 12.6. The number of aldehydes is 1. The number of hydrogen-bond donors (Lipinski definition) is 2. The van der Waals surface area contributed by atoms with Gasteiger partial charge >= 0.3 is 0 Å². The van der Waals surface area contributed by atoms with Gasteiger partial charge in [0.2, 0.25) is 0 Å². The van der Waals surface area contributed by atoms with Gasteiger partial charge in [-0.1, -0.05) is 39.8 Å². The molecule has 2 N–H and O–H groups in total. The summed E-state index contributed by atoms with van der Waals surface area (Å²) in [6, 6.07) is 0. The Morgan fingerprint density at radius 1 is 0.909 bits per heavy atom. The summed E-state index contributed by atoms with van der Waals surface area (Å²) in [7, 11) is 0. The second kappa shape index (κ2) is 7.42. The van der Waals surface area contributed by atoms with Crippen LogP contribution in [0.25, 0.3) is 0 Å². The fourth-order valence-corrected chi connectivity index (χ4v) is 11.4. The number of rotatable bonds is 3. The summed E-state index contributed by atoms with van der Waals surface area (Å²) in [5.74, 6) is 2.56. The monoisotopic (exact) mass is 456 g/mol. The highest BCUT2D eigenvalue weighted by atomic mass is 16.3. The molecule has 0 radical (unpaired) electrons. The molecule has 5 rings (SSSR count). The molecule has 11 atom stereocenters. The van der Waals surface area contributed by atoms with Crippen LogP contribution in [-0.4, -0.2) is 29.2 Å². The summed E-state index contributed by atoms with van der Waals surface area (Å²) < 4.78 is 0. The van der Waals surface area contributed by atoms with Crippen molar-refractivity contribution in [2.75, 3.05) is 6.61 Å². The van der Waals surface area contributed by atoms with Gasteiger partial charge in [-0.2, -0.15) is 0 Å². The maximum absolute atomic E-state index is 12.6. The Balaban J connectivity index is 1.55. The molecule has 0 aromatic heterocycles. The fraction of sp³-hybridized carbons (Fsp3) is 0.900. The van der Waals surface area contributed by atoms with Gasteiger partial charge < -0.3 is 15.0 Å². The molecule has 33 heavy (non-hydrogen) atoms. The zero-order valence-corrected chi connectivity index (χ0v) is 21.8. The van der Waals surface area contributed by atoms with E-state index >= 15 is 0 Å². The quantitative estimate of drug-likeness (QED) is 0.394. The van der Waals surface area contributed by atoms with Crippen LogP contribution in [0.5, 0.6) is 0 Å². The van der Waals surface area contributed by atoms with Gasteiger partial charge in [-0.3, -0.25) is 0 Å². The molecule has 0 heterocycles. The number of carbonyl (C=O) groups is 1. The highest BCUT2D eigenvalue weighted by Crippen LogP contribution is 2.77. The van der Waals surface area contributed by atoms with Crippen LogP contribution in [0.15, 0.2) is 12.2 Å². The zero-order chi connectivity index (χ0) is 24.0. The van der Waals surface area contributed by atoms with Crippen molar-refractivity contribution in [3.8, 4) is 0 Å². The summed E-state index contributed by atoms with van der Waals surface area (Å²) in [5, 5.41) is 21.3. The first kappa shape index (κ1) is 24.0. The molecule has 0 aromatic rings. The molecule has 3 heteroatoms. The molecule has 5 saturated carbocycles. The number of fused-ring (bicyclic) bond motifs is 7. The molecule has 0 amide bonds. The Hall–Kier alpha value is -0.670. The summed E-state index contributed by atoms with van der Waals surface area (Å²) in [6.45, 7) is 16.5. The summed E-state index contributed by atoms with van der Waals surface area (Å²) in [6.07, 6.45) is 12.0. The van der Waals surface area contributed by atoms with Crippen molar-refractivity contribution < 1.29 is 15.0 Å². The molecule has 0 spiro atoms. The third kappa shape index (κ3) is 2.79. The van der Waals surface area contributed by atoms with Gasteiger partial charge in [0.15, 0.2) is 0 Å². The van der Waals surface area contributed by atoms with Crippen LogP contribution in [0.1, 0.15) is 98.8 Å². The zero-order valence-electron chi connectivity index (χ0n) is 21.8. The predicted molar refractivity (Wildman–Crippen MR) is 132 cm³/mol. The van der Waals surface area contributed by atoms with Gasteiger partial charge in [-0.05, 0) is 117 Å². The number of aliphatic hydroxyl groups excluding tert-OH is 2. The van der Waals surface area contributed by atoms with Gasteiger partial charge in [-0.25, -0.2) is 0 Å². The van der Waals surface area contributed by atoms with E-state index in [2.05, 4.69) is 41.2 Å². The number of aliphatic hydroxyl groups is 2. The lowest BCUT2D eigenvalue weighted by atomic mass is 9.32. The van der Waals surface area contributed by atoms with E-state index in [1.54, 1.807) is 0 Å². The lowest BCUT2D eigenvalue weighted by Crippen LogP contribution is -2.67. The van der Waals surface area contributed by atoms with Crippen molar-refractivity contribution in [1.82, 2.24) is 0 Å². The first-order chi connectivity index (χ1) is 15.4. The van der Waals surface area contributed by atoms with Gasteiger partial charge in [0, 0.05) is 10.8 Å². The van der Waals surface area contributed by atoms with Gasteiger partial charge in [0.25, 0.3) is 0 Å². The SMILES string of the molecule is C=C(C)[C@@H]1CC[C@]2(C=O)CC[C@]3(C)[C@H](CC[C@@H]4[C@@]5(C)CC[C@H](O)[C@@](C)(CO)[C@@H]5CC[C@]43C)[C@@H]12. The highest BCUT2D eigenvalue weighted by molar-refractivity contribution is 5.62. The predicted octanol–water partition coefficient (Wildman–Crippen LogP) is 6.18.